The molecule has 0 radical (unpaired) electrons. The molecular formula is C35H43ClN4O6. The first-order chi connectivity index (χ1) is 21.8. The average molecular weight is 651 g/mol. The monoisotopic (exact) mass is 650 g/mol. The number of aliphatic hydroxyl groups excluding tert-OH is 1. The van der Waals surface area contributed by atoms with Gasteiger partial charge in [0.25, 0.3) is 11.6 Å². The van der Waals surface area contributed by atoms with Crippen LogP contribution in [0.4, 0.5) is 10.5 Å². The fourth-order valence-corrected chi connectivity index (χ4v) is 6.89. The predicted octanol–water partition coefficient (Wildman–Crippen LogP) is 5.75. The Morgan fingerprint density at radius 2 is 1.57 bits per heavy atom. The van der Waals surface area contributed by atoms with Crippen LogP contribution < -0.4 is 0 Å². The van der Waals surface area contributed by atoms with Gasteiger partial charge in [-0.05, 0) is 72.9 Å². The lowest BCUT2D eigenvalue weighted by atomic mass is 9.88. The molecule has 3 aromatic carbocycles. The number of aliphatic hydroxyl groups is 1. The molecule has 3 aromatic rings. The van der Waals surface area contributed by atoms with Crippen molar-refractivity contribution in [1.82, 2.24) is 14.7 Å². The largest absolute Gasteiger partial charge is 0.445 e. The van der Waals surface area contributed by atoms with Crippen LogP contribution in [0.5, 0.6) is 0 Å². The Hall–Kier alpha value is -3.99. The number of rotatable bonds is 11. The number of nitro groups is 1. The summed E-state index contributed by atoms with van der Waals surface area (Å²) in [5.41, 5.74) is 2.66. The second-order valence-corrected chi connectivity index (χ2v) is 12.1. The minimum Gasteiger partial charge on any atom is -0.445 e. The molecule has 1 N–H and O–H groups in total. The highest BCUT2D eigenvalue weighted by Gasteiger charge is 2.40. The topological polar surface area (TPSA) is 116 Å². The van der Waals surface area contributed by atoms with Crippen LogP contribution in [0.25, 0.3) is 0 Å². The maximum Gasteiger partial charge on any atom is 0.410 e. The van der Waals surface area contributed by atoms with Gasteiger partial charge < -0.3 is 24.5 Å². The number of likely N-dealkylation sites (tertiary alicyclic amines) is 1. The van der Waals surface area contributed by atoms with Gasteiger partial charge in [-0.1, -0.05) is 48.5 Å². The van der Waals surface area contributed by atoms with E-state index in [1.54, 1.807) is 17.0 Å². The number of piperidine rings is 1. The number of nitro benzene ring substituents is 1. The summed E-state index contributed by atoms with van der Waals surface area (Å²) in [6, 6.07) is 26.1. The van der Waals surface area contributed by atoms with E-state index in [1.807, 2.05) is 48.3 Å². The van der Waals surface area contributed by atoms with Crippen LogP contribution in [0, 0.1) is 16.0 Å². The molecule has 46 heavy (non-hydrogen) atoms. The predicted molar refractivity (Wildman–Crippen MR) is 178 cm³/mol. The van der Waals surface area contributed by atoms with Crippen LogP contribution in [0.3, 0.4) is 0 Å². The third-order valence-corrected chi connectivity index (χ3v) is 9.36. The van der Waals surface area contributed by atoms with Gasteiger partial charge >= 0.3 is 6.09 Å². The van der Waals surface area contributed by atoms with Crippen LogP contribution in [-0.2, 0) is 11.3 Å². The second-order valence-electron chi connectivity index (χ2n) is 12.1. The normalized spacial score (nSPS) is 20.0. The molecule has 1 aliphatic carbocycles. The van der Waals surface area contributed by atoms with Gasteiger partial charge in [0.05, 0.1) is 11.5 Å². The molecule has 1 saturated heterocycles. The average Bonchev–Trinajstić information content (AvgIpc) is 3.50. The molecule has 2 amide bonds. The SMILES string of the molecule is CN(C(=O)c1ccccc1)C1CC(CN2CCC(N(CCO)C(=O)OCc3ccc([N+](=O)[O-])cc3)CC2)C(c2ccccc2)C1.Cl. The lowest BCUT2D eigenvalue weighted by Gasteiger charge is -2.39. The van der Waals surface area contributed by atoms with E-state index >= 15 is 0 Å². The molecule has 5 rings (SSSR count). The van der Waals surface area contributed by atoms with Crippen molar-refractivity contribution in [2.75, 3.05) is 39.8 Å². The highest BCUT2D eigenvalue weighted by Crippen LogP contribution is 2.42. The van der Waals surface area contributed by atoms with Gasteiger partial charge in [0.15, 0.2) is 0 Å². The van der Waals surface area contributed by atoms with Crippen molar-refractivity contribution in [2.45, 2.75) is 50.3 Å². The summed E-state index contributed by atoms with van der Waals surface area (Å²) < 4.78 is 5.54. The van der Waals surface area contributed by atoms with E-state index in [-0.39, 0.29) is 55.8 Å². The van der Waals surface area contributed by atoms with Crippen molar-refractivity contribution in [3.8, 4) is 0 Å². The number of non-ortho nitro benzene ring substituents is 1. The Balaban J connectivity index is 0.00000480. The summed E-state index contributed by atoms with van der Waals surface area (Å²) in [6.45, 7) is 2.59. The Labute approximate surface area is 276 Å². The number of carbonyl (C=O) groups is 2. The lowest BCUT2D eigenvalue weighted by molar-refractivity contribution is -0.384. The number of amides is 2. The minimum absolute atomic E-state index is 0. The molecule has 1 aliphatic heterocycles. The molecule has 2 aliphatic rings. The van der Waals surface area contributed by atoms with Gasteiger partial charge in [-0.3, -0.25) is 14.9 Å². The van der Waals surface area contributed by atoms with Crippen LogP contribution in [0.2, 0.25) is 0 Å². The lowest BCUT2D eigenvalue weighted by Crippen LogP contribution is -2.49. The van der Waals surface area contributed by atoms with E-state index < -0.39 is 11.0 Å². The Morgan fingerprint density at radius 3 is 2.17 bits per heavy atom. The number of hydrogen-bond acceptors (Lipinski definition) is 7. The number of halogens is 1. The van der Waals surface area contributed by atoms with Gasteiger partial charge in [0, 0.05) is 63.0 Å². The third kappa shape index (κ3) is 8.63. The molecule has 10 nitrogen and oxygen atoms in total. The highest BCUT2D eigenvalue weighted by atomic mass is 35.5. The van der Waals surface area contributed by atoms with Gasteiger partial charge in [-0.25, -0.2) is 4.79 Å². The summed E-state index contributed by atoms with van der Waals surface area (Å²) in [5, 5.41) is 20.6. The third-order valence-electron chi connectivity index (χ3n) is 9.36. The van der Waals surface area contributed by atoms with Gasteiger partial charge in [0.1, 0.15) is 6.61 Å². The molecule has 3 atom stereocenters. The smallest absolute Gasteiger partial charge is 0.410 e. The van der Waals surface area contributed by atoms with Crippen LogP contribution in [-0.4, -0.2) is 88.6 Å². The van der Waals surface area contributed by atoms with Crippen LogP contribution >= 0.6 is 12.4 Å². The molecule has 0 bridgehead atoms. The van der Waals surface area contributed by atoms with Crippen LogP contribution in [0.15, 0.2) is 84.9 Å². The van der Waals surface area contributed by atoms with E-state index in [0.717, 1.165) is 45.3 Å². The summed E-state index contributed by atoms with van der Waals surface area (Å²) in [7, 11) is 1.92. The maximum atomic E-state index is 13.3. The zero-order chi connectivity index (χ0) is 31.8. The summed E-state index contributed by atoms with van der Waals surface area (Å²) >= 11 is 0. The molecule has 0 aromatic heterocycles. The van der Waals surface area contributed by atoms with Gasteiger partial charge in [-0.2, -0.15) is 0 Å². The van der Waals surface area contributed by atoms with Crippen molar-refractivity contribution in [3.05, 3.63) is 112 Å². The molecule has 11 heteroatoms. The summed E-state index contributed by atoms with van der Waals surface area (Å²) in [4.78, 5) is 42.8. The molecule has 3 unspecified atom stereocenters. The van der Waals surface area contributed by atoms with E-state index in [9.17, 15) is 24.8 Å². The Morgan fingerprint density at radius 1 is 0.935 bits per heavy atom. The Kier molecular flexibility index (Phi) is 12.5. The van der Waals surface area contributed by atoms with Crippen molar-refractivity contribution in [2.24, 2.45) is 5.92 Å². The van der Waals surface area contributed by atoms with E-state index in [4.69, 9.17) is 4.74 Å². The number of ether oxygens (including phenoxy) is 1. The summed E-state index contributed by atoms with van der Waals surface area (Å²) in [5.74, 6) is 0.790. The maximum absolute atomic E-state index is 13.3. The summed E-state index contributed by atoms with van der Waals surface area (Å²) in [6.07, 6.45) is 2.90. The van der Waals surface area contributed by atoms with Crippen molar-refractivity contribution < 1.29 is 24.4 Å². The zero-order valence-corrected chi connectivity index (χ0v) is 27.0. The first kappa shape index (κ1) is 34.9. The van der Waals surface area contributed by atoms with E-state index in [2.05, 4.69) is 29.2 Å². The van der Waals surface area contributed by atoms with E-state index in [0.29, 0.717) is 23.0 Å². The van der Waals surface area contributed by atoms with Gasteiger partial charge in [0.2, 0.25) is 0 Å². The molecule has 0 spiro atoms. The number of hydrogen-bond donors (Lipinski definition) is 1. The van der Waals surface area contributed by atoms with Crippen molar-refractivity contribution in [1.29, 1.82) is 0 Å². The molecular weight excluding hydrogens is 608 g/mol. The first-order valence-electron chi connectivity index (χ1n) is 15.7. The highest BCUT2D eigenvalue weighted by molar-refractivity contribution is 5.94. The van der Waals surface area contributed by atoms with E-state index in [1.165, 1.54) is 17.7 Å². The van der Waals surface area contributed by atoms with Crippen molar-refractivity contribution >= 4 is 30.1 Å². The zero-order valence-electron chi connectivity index (χ0n) is 26.1. The molecule has 246 valence electrons. The quantitative estimate of drug-likeness (QED) is 0.208. The second kappa shape index (κ2) is 16.5. The van der Waals surface area contributed by atoms with Crippen LogP contribution in [0.1, 0.15) is 53.1 Å². The first-order valence-corrected chi connectivity index (χ1v) is 15.7. The van der Waals surface area contributed by atoms with Gasteiger partial charge in [-0.15, -0.1) is 12.4 Å². The standard InChI is InChI=1S/C35H42N4O6.ClH/c1-36(34(41)28-10-6-3-7-11-28)32-22-29(33(23-32)27-8-4-2-5-9-27)24-37-18-16-30(17-19-37)38(20-21-40)35(42)45-25-26-12-14-31(15-13-26)39(43)44;/h2-15,29-30,32-33,40H,16-25H2,1H3;1H. The number of carbonyl (C=O) groups excluding carboxylic acids is 2. The molecule has 1 saturated carbocycles. The minimum atomic E-state index is -0.491. The fraction of sp³-hybridized carbons (Fsp3) is 0.429. The van der Waals surface area contributed by atoms with Crippen molar-refractivity contribution in [3.63, 3.8) is 0 Å². The molecule has 1 heterocycles. The fourth-order valence-electron chi connectivity index (χ4n) is 6.89. The number of benzene rings is 3. The number of nitrogens with zero attached hydrogens (tertiary/aromatic N) is 4. The Bertz CT molecular complexity index is 1420. The molecule has 2 fully saturated rings.